The molecule has 0 saturated heterocycles. The van der Waals surface area contributed by atoms with Crippen molar-refractivity contribution in [3.05, 3.63) is 0 Å². The lowest BCUT2D eigenvalue weighted by Crippen LogP contribution is -2.35. The second-order valence-corrected chi connectivity index (χ2v) is 4.85. The van der Waals surface area contributed by atoms with Crippen LogP contribution >= 0.6 is 0 Å². The van der Waals surface area contributed by atoms with Crippen LogP contribution in [0.5, 0.6) is 0 Å². The van der Waals surface area contributed by atoms with Crippen LogP contribution in [0.15, 0.2) is 0 Å². The molecule has 0 rings (SSSR count). The van der Waals surface area contributed by atoms with Crippen LogP contribution in [0.25, 0.3) is 0 Å². The van der Waals surface area contributed by atoms with Gasteiger partial charge in [0.05, 0.1) is 5.60 Å². The first-order valence-electron chi connectivity index (χ1n) is 5.64. The SMILES string of the molecule is CCCCCC(C)(O)C(C)C(C)C. The van der Waals surface area contributed by atoms with Crippen LogP contribution in [0.4, 0.5) is 0 Å². The highest BCUT2D eigenvalue weighted by molar-refractivity contribution is 4.80. The van der Waals surface area contributed by atoms with E-state index in [-0.39, 0.29) is 0 Å². The summed E-state index contributed by atoms with van der Waals surface area (Å²) in [5.41, 5.74) is -0.469. The molecule has 0 aromatic rings. The first-order valence-corrected chi connectivity index (χ1v) is 5.64. The molecule has 0 fully saturated rings. The Kier molecular flexibility index (Phi) is 5.62. The zero-order chi connectivity index (χ0) is 10.5. The van der Waals surface area contributed by atoms with E-state index in [9.17, 15) is 5.11 Å². The largest absolute Gasteiger partial charge is 0.390 e. The van der Waals surface area contributed by atoms with Crippen LogP contribution in [0.1, 0.15) is 60.3 Å². The van der Waals surface area contributed by atoms with Crippen LogP contribution in [0, 0.1) is 11.8 Å². The lowest BCUT2D eigenvalue weighted by atomic mass is 9.79. The van der Waals surface area contributed by atoms with Gasteiger partial charge in [0.2, 0.25) is 0 Å². The number of hydrogen-bond acceptors (Lipinski definition) is 1. The molecule has 0 radical (unpaired) electrons. The van der Waals surface area contributed by atoms with Gasteiger partial charge in [0.15, 0.2) is 0 Å². The summed E-state index contributed by atoms with van der Waals surface area (Å²) in [6, 6.07) is 0. The summed E-state index contributed by atoms with van der Waals surface area (Å²) < 4.78 is 0. The molecule has 0 bridgehead atoms. The lowest BCUT2D eigenvalue weighted by Gasteiger charge is -2.33. The van der Waals surface area contributed by atoms with E-state index in [4.69, 9.17) is 0 Å². The van der Waals surface area contributed by atoms with E-state index in [1.54, 1.807) is 0 Å². The molecule has 1 nitrogen and oxygen atoms in total. The van der Waals surface area contributed by atoms with Gasteiger partial charge in [0, 0.05) is 0 Å². The number of rotatable bonds is 6. The number of aliphatic hydroxyl groups is 1. The van der Waals surface area contributed by atoms with Crippen molar-refractivity contribution in [3.8, 4) is 0 Å². The summed E-state index contributed by atoms with van der Waals surface area (Å²) in [4.78, 5) is 0. The lowest BCUT2D eigenvalue weighted by molar-refractivity contribution is -0.0215. The fourth-order valence-corrected chi connectivity index (χ4v) is 1.68. The highest BCUT2D eigenvalue weighted by Crippen LogP contribution is 2.28. The molecule has 80 valence electrons. The van der Waals surface area contributed by atoms with Crippen LogP contribution in [0.3, 0.4) is 0 Å². The van der Waals surface area contributed by atoms with Gasteiger partial charge in [-0.05, 0) is 25.2 Å². The summed E-state index contributed by atoms with van der Waals surface area (Å²) in [5.74, 6) is 0.959. The minimum atomic E-state index is -0.469. The quantitative estimate of drug-likeness (QED) is 0.628. The predicted octanol–water partition coefficient (Wildman–Crippen LogP) is 3.61. The molecule has 0 aliphatic rings. The second kappa shape index (κ2) is 5.64. The van der Waals surface area contributed by atoms with E-state index in [0.717, 1.165) is 12.8 Å². The Balaban J connectivity index is 3.91. The third-order valence-corrected chi connectivity index (χ3v) is 3.27. The van der Waals surface area contributed by atoms with E-state index in [1.165, 1.54) is 12.8 Å². The van der Waals surface area contributed by atoms with Crippen LogP contribution in [-0.2, 0) is 0 Å². The molecule has 2 unspecified atom stereocenters. The molecule has 0 amide bonds. The van der Waals surface area contributed by atoms with Crippen LogP contribution in [-0.4, -0.2) is 10.7 Å². The van der Waals surface area contributed by atoms with E-state index in [0.29, 0.717) is 11.8 Å². The second-order valence-electron chi connectivity index (χ2n) is 4.85. The fourth-order valence-electron chi connectivity index (χ4n) is 1.68. The Labute approximate surface area is 83.5 Å². The molecule has 0 saturated carbocycles. The van der Waals surface area contributed by atoms with Gasteiger partial charge in [-0.25, -0.2) is 0 Å². The molecule has 2 atom stereocenters. The highest BCUT2D eigenvalue weighted by atomic mass is 16.3. The Hall–Kier alpha value is -0.0400. The van der Waals surface area contributed by atoms with E-state index >= 15 is 0 Å². The van der Waals surface area contributed by atoms with Crippen molar-refractivity contribution >= 4 is 0 Å². The molecule has 0 aliphatic carbocycles. The monoisotopic (exact) mass is 186 g/mol. The maximum Gasteiger partial charge on any atom is 0.0647 e. The normalized spacial score (nSPS) is 18.7. The van der Waals surface area contributed by atoms with Crippen molar-refractivity contribution in [2.24, 2.45) is 11.8 Å². The standard InChI is InChI=1S/C12H26O/c1-6-7-8-9-12(5,13)11(4)10(2)3/h10-11,13H,6-9H2,1-5H3. The zero-order valence-electron chi connectivity index (χ0n) is 9.93. The zero-order valence-corrected chi connectivity index (χ0v) is 9.93. The molecule has 0 aliphatic heterocycles. The fraction of sp³-hybridized carbons (Fsp3) is 1.00. The molecular formula is C12H26O. The van der Waals surface area contributed by atoms with Crippen molar-refractivity contribution < 1.29 is 5.11 Å². The smallest absolute Gasteiger partial charge is 0.0647 e. The van der Waals surface area contributed by atoms with Gasteiger partial charge in [0.1, 0.15) is 0 Å². The third kappa shape index (κ3) is 4.66. The van der Waals surface area contributed by atoms with E-state index in [1.807, 2.05) is 6.92 Å². The molecule has 0 aromatic heterocycles. The number of hydrogen-bond donors (Lipinski definition) is 1. The van der Waals surface area contributed by atoms with Gasteiger partial charge in [-0.2, -0.15) is 0 Å². The van der Waals surface area contributed by atoms with Crippen LogP contribution < -0.4 is 0 Å². The van der Waals surface area contributed by atoms with Crippen molar-refractivity contribution in [1.82, 2.24) is 0 Å². The summed E-state index contributed by atoms with van der Waals surface area (Å²) in [7, 11) is 0. The Morgan fingerprint density at radius 2 is 1.69 bits per heavy atom. The van der Waals surface area contributed by atoms with Crippen molar-refractivity contribution in [1.29, 1.82) is 0 Å². The molecule has 0 spiro atoms. The van der Waals surface area contributed by atoms with Gasteiger partial charge in [-0.15, -0.1) is 0 Å². The first-order chi connectivity index (χ1) is 5.91. The summed E-state index contributed by atoms with van der Waals surface area (Å²) in [6.07, 6.45) is 4.56. The predicted molar refractivity (Wildman–Crippen MR) is 58.8 cm³/mol. The van der Waals surface area contributed by atoms with Crippen molar-refractivity contribution in [2.45, 2.75) is 65.9 Å². The molecule has 0 heterocycles. The summed E-state index contributed by atoms with van der Waals surface area (Å²) in [5, 5.41) is 10.2. The molecule has 1 N–H and O–H groups in total. The van der Waals surface area contributed by atoms with E-state index in [2.05, 4.69) is 27.7 Å². The van der Waals surface area contributed by atoms with Crippen molar-refractivity contribution in [3.63, 3.8) is 0 Å². The Morgan fingerprint density at radius 3 is 2.08 bits per heavy atom. The first kappa shape index (κ1) is 13.0. The minimum Gasteiger partial charge on any atom is -0.390 e. The average Bonchev–Trinajstić information content (AvgIpc) is 2.03. The molecule has 13 heavy (non-hydrogen) atoms. The van der Waals surface area contributed by atoms with Gasteiger partial charge < -0.3 is 5.11 Å². The Bertz CT molecular complexity index is 127. The molecular weight excluding hydrogens is 160 g/mol. The van der Waals surface area contributed by atoms with Gasteiger partial charge in [-0.3, -0.25) is 0 Å². The average molecular weight is 186 g/mol. The number of unbranched alkanes of at least 4 members (excludes halogenated alkanes) is 2. The maximum atomic E-state index is 10.2. The summed E-state index contributed by atoms with van der Waals surface area (Å²) >= 11 is 0. The Morgan fingerprint density at radius 1 is 1.15 bits per heavy atom. The van der Waals surface area contributed by atoms with Gasteiger partial charge >= 0.3 is 0 Å². The van der Waals surface area contributed by atoms with Crippen LogP contribution in [0.2, 0.25) is 0 Å². The minimum absolute atomic E-state index is 0.393. The molecule has 1 heteroatoms. The molecule has 0 aromatic carbocycles. The van der Waals surface area contributed by atoms with Gasteiger partial charge in [-0.1, -0.05) is 47.0 Å². The topological polar surface area (TPSA) is 20.2 Å². The maximum absolute atomic E-state index is 10.2. The van der Waals surface area contributed by atoms with E-state index < -0.39 is 5.60 Å². The highest BCUT2D eigenvalue weighted by Gasteiger charge is 2.29. The van der Waals surface area contributed by atoms with Gasteiger partial charge in [0.25, 0.3) is 0 Å². The third-order valence-electron chi connectivity index (χ3n) is 3.27. The summed E-state index contributed by atoms with van der Waals surface area (Å²) in [6.45, 7) is 10.7. The van der Waals surface area contributed by atoms with Crippen molar-refractivity contribution in [2.75, 3.05) is 0 Å².